The van der Waals surface area contributed by atoms with Gasteiger partial charge in [-0.05, 0) is 26.0 Å². The van der Waals surface area contributed by atoms with Gasteiger partial charge >= 0.3 is 0 Å². The van der Waals surface area contributed by atoms with Crippen molar-refractivity contribution in [3.05, 3.63) is 112 Å². The van der Waals surface area contributed by atoms with Gasteiger partial charge in [0.15, 0.2) is 5.78 Å². The molecule has 0 aliphatic heterocycles. The summed E-state index contributed by atoms with van der Waals surface area (Å²) in [5.74, 6) is -0.619. The van der Waals surface area contributed by atoms with Crippen molar-refractivity contribution in [2.24, 2.45) is 0 Å². The number of thioether (sulfide) groups is 1. The van der Waals surface area contributed by atoms with Crippen LogP contribution >= 0.6 is 23.1 Å². The molecule has 0 unspecified atom stereocenters. The number of nitrogen functional groups attached to an aromatic ring is 1. The van der Waals surface area contributed by atoms with Crippen molar-refractivity contribution in [3.8, 4) is 0 Å². The van der Waals surface area contributed by atoms with E-state index < -0.39 is 5.91 Å². The van der Waals surface area contributed by atoms with Crippen molar-refractivity contribution >= 4 is 51.9 Å². The molecule has 5 nitrogen and oxygen atoms in total. The zero-order chi connectivity index (χ0) is 24.9. The first-order chi connectivity index (χ1) is 16.8. The Morgan fingerprint density at radius 2 is 1.40 bits per heavy atom. The Labute approximate surface area is 212 Å². The number of hydrogen-bond donors (Lipinski definition) is 2. The van der Waals surface area contributed by atoms with Gasteiger partial charge < -0.3 is 11.1 Å². The summed E-state index contributed by atoms with van der Waals surface area (Å²) >= 11 is 2.37. The van der Waals surface area contributed by atoms with Crippen LogP contribution in [0.3, 0.4) is 0 Å². The Morgan fingerprint density at radius 3 is 2.00 bits per heavy atom. The van der Waals surface area contributed by atoms with Crippen molar-refractivity contribution < 1.29 is 14.4 Å². The maximum absolute atomic E-state index is 13.2. The lowest BCUT2D eigenvalue weighted by Gasteiger charge is -2.07. The number of carbonyl (C=O) groups excluding carboxylic acids is 3. The summed E-state index contributed by atoms with van der Waals surface area (Å²) < 4.78 is 0.534. The highest BCUT2D eigenvalue weighted by Gasteiger charge is 2.27. The molecule has 1 aromatic heterocycles. The summed E-state index contributed by atoms with van der Waals surface area (Å²) in [6.45, 7) is 3.90. The van der Waals surface area contributed by atoms with E-state index in [1.54, 1.807) is 36.4 Å². The molecule has 176 valence electrons. The fraction of sp³-hybridized carbons (Fsp3) is 0.107. The number of aryl methyl sites for hydroxylation is 2. The van der Waals surface area contributed by atoms with E-state index in [0.717, 1.165) is 22.5 Å². The summed E-state index contributed by atoms with van der Waals surface area (Å²) in [6.07, 6.45) is 0. The maximum Gasteiger partial charge on any atom is 0.259 e. The van der Waals surface area contributed by atoms with Crippen LogP contribution in [0.1, 0.15) is 47.1 Å². The number of ketones is 2. The smallest absolute Gasteiger partial charge is 0.259 e. The van der Waals surface area contributed by atoms with E-state index in [-0.39, 0.29) is 33.4 Å². The van der Waals surface area contributed by atoms with Crippen molar-refractivity contribution in [1.29, 1.82) is 0 Å². The molecular weight excluding hydrogens is 476 g/mol. The first kappa shape index (κ1) is 24.4. The maximum atomic E-state index is 13.2. The van der Waals surface area contributed by atoms with Gasteiger partial charge in [0.25, 0.3) is 5.91 Å². The molecule has 0 bridgehead atoms. The van der Waals surface area contributed by atoms with E-state index >= 15 is 0 Å². The van der Waals surface area contributed by atoms with Gasteiger partial charge in [-0.3, -0.25) is 14.4 Å². The van der Waals surface area contributed by atoms with Crippen LogP contribution in [-0.2, 0) is 0 Å². The van der Waals surface area contributed by atoms with E-state index in [9.17, 15) is 14.4 Å². The van der Waals surface area contributed by atoms with Crippen LogP contribution in [0.5, 0.6) is 0 Å². The van der Waals surface area contributed by atoms with Gasteiger partial charge in [0.05, 0.1) is 26.1 Å². The largest absolute Gasteiger partial charge is 0.397 e. The molecule has 7 heteroatoms. The highest BCUT2D eigenvalue weighted by Crippen LogP contribution is 2.40. The minimum absolute atomic E-state index is 0.0669. The predicted octanol–water partition coefficient (Wildman–Crippen LogP) is 6.41. The number of para-hydroxylation sites is 1. The molecule has 4 rings (SSSR count). The minimum atomic E-state index is -0.418. The lowest BCUT2D eigenvalue weighted by molar-refractivity contribution is 0.101. The average Bonchev–Trinajstić information content (AvgIpc) is 3.19. The molecule has 0 saturated heterocycles. The fourth-order valence-electron chi connectivity index (χ4n) is 3.41. The number of benzene rings is 3. The zero-order valence-corrected chi connectivity index (χ0v) is 21.0. The number of carbonyl (C=O) groups is 3. The molecule has 0 spiro atoms. The number of anilines is 2. The lowest BCUT2D eigenvalue weighted by atomic mass is 10.1. The van der Waals surface area contributed by atoms with Crippen molar-refractivity contribution in [2.45, 2.75) is 18.1 Å². The van der Waals surface area contributed by atoms with Crippen LogP contribution in [0.2, 0.25) is 0 Å². The summed E-state index contributed by atoms with van der Waals surface area (Å²) in [7, 11) is 0. The second-order valence-electron chi connectivity index (χ2n) is 8.10. The topological polar surface area (TPSA) is 89.3 Å². The van der Waals surface area contributed by atoms with Gasteiger partial charge in [-0.15, -0.1) is 23.1 Å². The standard InChI is InChI=1S/C28H24N2O3S2/c1-17-8-12-19(13-9-17)22(31)16-34-28-23(27(33)30-21-6-4-3-5-7-21)24(29)26(35-28)25(32)20-14-10-18(2)11-15-20/h3-15H,16,29H2,1-2H3,(H,30,33). The third-order valence-corrected chi connectivity index (χ3v) is 7.87. The Morgan fingerprint density at radius 1 is 0.829 bits per heavy atom. The molecule has 0 aliphatic carbocycles. The number of Topliss-reactive ketones (excluding diaryl/α,β-unsaturated/α-hetero) is 1. The second-order valence-corrected chi connectivity index (χ2v) is 10.4. The van der Waals surface area contributed by atoms with Crippen molar-refractivity contribution in [3.63, 3.8) is 0 Å². The molecular formula is C28H24N2O3S2. The number of nitrogens with one attached hydrogen (secondary N) is 1. The summed E-state index contributed by atoms with van der Waals surface area (Å²) in [6, 6.07) is 23.6. The van der Waals surface area contributed by atoms with Crippen LogP contribution in [-0.4, -0.2) is 23.2 Å². The van der Waals surface area contributed by atoms with Crippen molar-refractivity contribution in [1.82, 2.24) is 0 Å². The molecule has 0 aliphatic rings. The molecule has 3 aromatic carbocycles. The molecule has 1 amide bonds. The predicted molar refractivity (Wildman–Crippen MR) is 144 cm³/mol. The number of nitrogens with two attached hydrogens (primary N) is 1. The van der Waals surface area contributed by atoms with Gasteiger partial charge in [-0.25, -0.2) is 0 Å². The highest BCUT2D eigenvalue weighted by molar-refractivity contribution is 8.01. The molecule has 35 heavy (non-hydrogen) atoms. The first-order valence-corrected chi connectivity index (χ1v) is 12.8. The van der Waals surface area contributed by atoms with E-state index in [1.807, 2.05) is 56.3 Å². The fourth-order valence-corrected chi connectivity index (χ4v) is 5.76. The summed E-state index contributed by atoms with van der Waals surface area (Å²) in [4.78, 5) is 39.5. The molecule has 3 N–H and O–H groups in total. The molecule has 0 fully saturated rings. The van der Waals surface area contributed by atoms with Gasteiger partial charge in [0.1, 0.15) is 0 Å². The Hall–Kier alpha value is -3.68. The number of hydrogen-bond acceptors (Lipinski definition) is 6. The van der Waals surface area contributed by atoms with E-state index in [1.165, 1.54) is 11.8 Å². The molecule has 0 atom stereocenters. The summed E-state index contributed by atoms with van der Waals surface area (Å²) in [5.41, 5.74) is 10.5. The van der Waals surface area contributed by atoms with Crippen LogP contribution in [0.4, 0.5) is 11.4 Å². The van der Waals surface area contributed by atoms with Gasteiger partial charge in [-0.2, -0.15) is 0 Å². The van der Waals surface area contributed by atoms with Gasteiger partial charge in [0, 0.05) is 16.8 Å². The monoisotopic (exact) mass is 500 g/mol. The molecule has 0 saturated carbocycles. The second kappa shape index (κ2) is 10.7. The first-order valence-electron chi connectivity index (χ1n) is 11.0. The van der Waals surface area contributed by atoms with Gasteiger partial charge in [0.2, 0.25) is 5.78 Å². The summed E-state index contributed by atoms with van der Waals surface area (Å²) in [5, 5.41) is 2.84. The SMILES string of the molecule is Cc1ccc(C(=O)CSc2sc(C(=O)c3ccc(C)cc3)c(N)c2C(=O)Nc2ccccc2)cc1. The van der Waals surface area contributed by atoms with Crippen LogP contribution < -0.4 is 11.1 Å². The van der Waals surface area contributed by atoms with Crippen LogP contribution in [0, 0.1) is 13.8 Å². The average molecular weight is 501 g/mol. The van der Waals surface area contributed by atoms with Crippen molar-refractivity contribution in [2.75, 3.05) is 16.8 Å². The van der Waals surface area contributed by atoms with E-state index in [0.29, 0.717) is 21.0 Å². The minimum Gasteiger partial charge on any atom is -0.397 e. The highest BCUT2D eigenvalue weighted by atomic mass is 32.2. The number of thiophene rings is 1. The third-order valence-electron chi connectivity index (χ3n) is 5.40. The lowest BCUT2D eigenvalue weighted by Crippen LogP contribution is -2.15. The van der Waals surface area contributed by atoms with E-state index in [2.05, 4.69) is 5.32 Å². The Bertz CT molecular complexity index is 1380. The number of rotatable bonds is 8. The third kappa shape index (κ3) is 5.70. The van der Waals surface area contributed by atoms with Gasteiger partial charge in [-0.1, -0.05) is 77.9 Å². The van der Waals surface area contributed by atoms with Crippen LogP contribution in [0.25, 0.3) is 0 Å². The Kier molecular flexibility index (Phi) is 7.48. The molecule has 0 radical (unpaired) electrons. The zero-order valence-electron chi connectivity index (χ0n) is 19.3. The molecule has 1 heterocycles. The van der Waals surface area contributed by atoms with Crippen LogP contribution in [0.15, 0.2) is 83.1 Å². The normalized spacial score (nSPS) is 10.7. The molecule has 4 aromatic rings. The Balaban J connectivity index is 1.65. The quantitative estimate of drug-likeness (QED) is 0.216. The van der Waals surface area contributed by atoms with E-state index in [4.69, 9.17) is 5.73 Å². The number of amides is 1.